The number of hydrogen-bond donors (Lipinski definition) is 0. The molecular formula is C15H14N2O2. The molecule has 1 heterocycles. The molecule has 0 aliphatic rings. The minimum atomic E-state index is -0.0224. The van der Waals surface area contributed by atoms with Gasteiger partial charge in [-0.05, 0) is 37.3 Å². The Labute approximate surface area is 111 Å². The van der Waals surface area contributed by atoms with Crippen LogP contribution in [0, 0.1) is 11.3 Å². The Bertz CT molecular complexity index is 624. The third-order valence-corrected chi connectivity index (χ3v) is 2.89. The summed E-state index contributed by atoms with van der Waals surface area (Å²) in [6.07, 6.45) is 1.61. The van der Waals surface area contributed by atoms with Crippen molar-refractivity contribution in [2.45, 2.75) is 13.5 Å². The molecule has 2 rings (SSSR count). The minimum Gasteiger partial charge on any atom is -0.467 e. The number of anilines is 1. The zero-order valence-corrected chi connectivity index (χ0v) is 10.9. The molecule has 2 aromatic rings. The van der Waals surface area contributed by atoms with Crippen molar-refractivity contribution in [3.63, 3.8) is 0 Å². The molecule has 0 saturated heterocycles. The molecule has 0 saturated carbocycles. The summed E-state index contributed by atoms with van der Waals surface area (Å²) >= 11 is 0. The van der Waals surface area contributed by atoms with Crippen molar-refractivity contribution in [2.24, 2.45) is 0 Å². The zero-order valence-electron chi connectivity index (χ0n) is 10.9. The molecule has 4 heteroatoms. The van der Waals surface area contributed by atoms with Gasteiger partial charge in [-0.3, -0.25) is 4.79 Å². The van der Waals surface area contributed by atoms with E-state index in [2.05, 4.69) is 6.07 Å². The maximum absolute atomic E-state index is 11.6. The van der Waals surface area contributed by atoms with Crippen LogP contribution >= 0.6 is 0 Å². The molecule has 0 aliphatic carbocycles. The molecule has 4 nitrogen and oxygen atoms in total. The Morgan fingerprint density at radius 1 is 1.42 bits per heavy atom. The van der Waals surface area contributed by atoms with Crippen LogP contribution in [0.4, 0.5) is 5.69 Å². The molecule has 0 aliphatic heterocycles. The normalized spacial score (nSPS) is 9.95. The highest BCUT2D eigenvalue weighted by molar-refractivity contribution is 5.99. The van der Waals surface area contributed by atoms with E-state index in [9.17, 15) is 4.79 Å². The molecule has 0 amide bonds. The predicted molar refractivity (Wildman–Crippen MR) is 72.0 cm³/mol. The lowest BCUT2D eigenvalue weighted by Crippen LogP contribution is -2.18. The number of carbonyl (C=O) groups is 1. The topological polar surface area (TPSA) is 57.2 Å². The summed E-state index contributed by atoms with van der Waals surface area (Å²) in [6, 6.07) is 10.8. The van der Waals surface area contributed by atoms with Gasteiger partial charge in [-0.25, -0.2) is 0 Å². The minimum absolute atomic E-state index is 0.0224. The summed E-state index contributed by atoms with van der Waals surface area (Å²) in [6.45, 7) is 2.06. The Morgan fingerprint density at radius 2 is 2.21 bits per heavy atom. The molecule has 0 unspecified atom stereocenters. The molecule has 0 spiro atoms. The molecule has 0 radical (unpaired) electrons. The van der Waals surface area contributed by atoms with Gasteiger partial charge < -0.3 is 9.32 Å². The van der Waals surface area contributed by atoms with E-state index in [-0.39, 0.29) is 5.78 Å². The first-order valence-electron chi connectivity index (χ1n) is 5.90. The summed E-state index contributed by atoms with van der Waals surface area (Å²) in [5, 5.41) is 8.96. The smallest absolute Gasteiger partial charge is 0.161 e. The monoisotopic (exact) mass is 254 g/mol. The van der Waals surface area contributed by atoms with E-state index >= 15 is 0 Å². The van der Waals surface area contributed by atoms with E-state index in [1.54, 1.807) is 24.5 Å². The molecule has 1 aromatic heterocycles. The third-order valence-electron chi connectivity index (χ3n) is 2.89. The van der Waals surface area contributed by atoms with E-state index in [0.29, 0.717) is 17.7 Å². The van der Waals surface area contributed by atoms with Gasteiger partial charge in [0.1, 0.15) is 5.76 Å². The van der Waals surface area contributed by atoms with Gasteiger partial charge in [0.05, 0.1) is 24.4 Å². The lowest BCUT2D eigenvalue weighted by atomic mass is 10.1. The Hall–Kier alpha value is -2.54. The van der Waals surface area contributed by atoms with Crippen molar-refractivity contribution in [1.82, 2.24) is 0 Å². The maximum atomic E-state index is 11.6. The van der Waals surface area contributed by atoms with Crippen molar-refractivity contribution in [1.29, 1.82) is 5.26 Å². The van der Waals surface area contributed by atoms with Crippen LogP contribution in [-0.4, -0.2) is 12.8 Å². The molecule has 0 fully saturated rings. The first-order chi connectivity index (χ1) is 9.11. The van der Waals surface area contributed by atoms with E-state index in [1.807, 2.05) is 24.1 Å². The molecule has 96 valence electrons. The molecule has 0 bridgehead atoms. The number of Topliss-reactive ketones (excluding diaryl/α,β-unsaturated/α-hetero) is 1. The van der Waals surface area contributed by atoms with Crippen molar-refractivity contribution in [3.05, 3.63) is 53.5 Å². The SMILES string of the molecule is CC(=O)c1ccc(C#N)cc1N(C)Cc1ccco1. The van der Waals surface area contributed by atoms with Crippen LogP contribution in [0.15, 0.2) is 41.0 Å². The van der Waals surface area contributed by atoms with Gasteiger partial charge in [-0.15, -0.1) is 0 Å². The Balaban J connectivity index is 2.36. The van der Waals surface area contributed by atoms with Gasteiger partial charge in [0, 0.05) is 18.3 Å². The van der Waals surface area contributed by atoms with E-state index in [4.69, 9.17) is 9.68 Å². The average Bonchev–Trinajstić information content (AvgIpc) is 2.90. The third kappa shape index (κ3) is 2.83. The fraction of sp³-hybridized carbons (Fsp3) is 0.200. The lowest BCUT2D eigenvalue weighted by Gasteiger charge is -2.20. The summed E-state index contributed by atoms with van der Waals surface area (Å²) in [7, 11) is 1.87. The Morgan fingerprint density at radius 3 is 2.79 bits per heavy atom. The molecule has 0 atom stereocenters. The average molecular weight is 254 g/mol. The number of carbonyl (C=O) groups excluding carboxylic acids is 1. The number of rotatable bonds is 4. The largest absolute Gasteiger partial charge is 0.467 e. The number of ketones is 1. The first kappa shape index (κ1) is 12.9. The highest BCUT2D eigenvalue weighted by Crippen LogP contribution is 2.23. The summed E-state index contributed by atoms with van der Waals surface area (Å²) in [5.74, 6) is 0.783. The van der Waals surface area contributed by atoms with Gasteiger partial charge in [0.2, 0.25) is 0 Å². The van der Waals surface area contributed by atoms with Crippen LogP contribution in [0.2, 0.25) is 0 Å². The predicted octanol–water partition coefficient (Wildman–Crippen LogP) is 2.99. The number of hydrogen-bond acceptors (Lipinski definition) is 4. The molecular weight excluding hydrogens is 240 g/mol. The summed E-state index contributed by atoms with van der Waals surface area (Å²) in [5.41, 5.74) is 1.88. The molecule has 19 heavy (non-hydrogen) atoms. The lowest BCUT2D eigenvalue weighted by molar-refractivity contribution is 0.101. The van der Waals surface area contributed by atoms with Gasteiger partial charge in [-0.2, -0.15) is 5.26 Å². The second-order valence-corrected chi connectivity index (χ2v) is 4.34. The fourth-order valence-corrected chi connectivity index (χ4v) is 1.94. The zero-order chi connectivity index (χ0) is 13.8. The van der Waals surface area contributed by atoms with Gasteiger partial charge in [-0.1, -0.05) is 0 Å². The Kier molecular flexibility index (Phi) is 3.67. The quantitative estimate of drug-likeness (QED) is 0.787. The fourth-order valence-electron chi connectivity index (χ4n) is 1.94. The van der Waals surface area contributed by atoms with Crippen molar-refractivity contribution in [3.8, 4) is 6.07 Å². The van der Waals surface area contributed by atoms with Crippen LogP contribution < -0.4 is 4.90 Å². The molecule has 1 aromatic carbocycles. The highest BCUT2D eigenvalue weighted by atomic mass is 16.3. The number of benzene rings is 1. The summed E-state index contributed by atoms with van der Waals surface area (Å²) < 4.78 is 5.29. The highest BCUT2D eigenvalue weighted by Gasteiger charge is 2.13. The van der Waals surface area contributed by atoms with Crippen LogP contribution in [0.3, 0.4) is 0 Å². The van der Waals surface area contributed by atoms with Gasteiger partial charge >= 0.3 is 0 Å². The van der Waals surface area contributed by atoms with Crippen LogP contribution in [0.5, 0.6) is 0 Å². The van der Waals surface area contributed by atoms with Crippen molar-refractivity contribution in [2.75, 3.05) is 11.9 Å². The van der Waals surface area contributed by atoms with E-state index in [1.165, 1.54) is 6.92 Å². The van der Waals surface area contributed by atoms with E-state index < -0.39 is 0 Å². The van der Waals surface area contributed by atoms with Gasteiger partial charge in [0.15, 0.2) is 5.78 Å². The first-order valence-corrected chi connectivity index (χ1v) is 5.90. The van der Waals surface area contributed by atoms with Gasteiger partial charge in [0.25, 0.3) is 0 Å². The van der Waals surface area contributed by atoms with Crippen LogP contribution in [0.1, 0.15) is 28.6 Å². The van der Waals surface area contributed by atoms with Crippen LogP contribution in [0.25, 0.3) is 0 Å². The van der Waals surface area contributed by atoms with Crippen molar-refractivity contribution >= 4 is 11.5 Å². The second kappa shape index (κ2) is 5.40. The van der Waals surface area contributed by atoms with Crippen molar-refractivity contribution < 1.29 is 9.21 Å². The van der Waals surface area contributed by atoms with Crippen LogP contribution in [-0.2, 0) is 6.54 Å². The maximum Gasteiger partial charge on any atom is 0.161 e. The summed E-state index contributed by atoms with van der Waals surface area (Å²) in [4.78, 5) is 13.5. The number of nitriles is 1. The molecule has 0 N–H and O–H groups in total. The van der Waals surface area contributed by atoms with E-state index in [0.717, 1.165) is 11.4 Å². The standard InChI is InChI=1S/C15H14N2O2/c1-11(18)14-6-5-12(9-16)8-15(14)17(2)10-13-4-3-7-19-13/h3-8H,10H2,1-2H3. The number of furan rings is 1. The second-order valence-electron chi connectivity index (χ2n) is 4.34. The number of nitrogens with zero attached hydrogens (tertiary/aromatic N) is 2.